The summed E-state index contributed by atoms with van der Waals surface area (Å²) in [4.78, 5) is 0. The summed E-state index contributed by atoms with van der Waals surface area (Å²) in [5.41, 5.74) is 7.40. The lowest BCUT2D eigenvalue weighted by atomic mass is 10.0. The SMILES string of the molecule is C(=C/c1ccc(-c2ccccc2)cc1)/c1ccc(-c2ccccc2)cc1. The van der Waals surface area contributed by atoms with E-state index in [1.807, 2.05) is 12.1 Å². The lowest BCUT2D eigenvalue weighted by Crippen LogP contribution is -1.79. The predicted molar refractivity (Wildman–Crippen MR) is 113 cm³/mol. The van der Waals surface area contributed by atoms with Gasteiger partial charge in [-0.25, -0.2) is 0 Å². The van der Waals surface area contributed by atoms with E-state index in [2.05, 4.69) is 109 Å². The molecule has 0 aliphatic carbocycles. The van der Waals surface area contributed by atoms with Crippen molar-refractivity contribution >= 4 is 12.2 Å². The van der Waals surface area contributed by atoms with Gasteiger partial charge in [-0.1, -0.05) is 121 Å². The molecule has 0 saturated heterocycles. The molecule has 124 valence electrons. The van der Waals surface area contributed by atoms with Gasteiger partial charge in [-0.05, 0) is 33.4 Å². The highest BCUT2D eigenvalue weighted by Gasteiger charge is 1.97. The fourth-order valence-electron chi connectivity index (χ4n) is 3.03. The maximum Gasteiger partial charge on any atom is -0.0184 e. The first kappa shape index (κ1) is 16.1. The number of hydrogen-bond acceptors (Lipinski definition) is 0. The van der Waals surface area contributed by atoms with Gasteiger partial charge in [-0.15, -0.1) is 0 Å². The number of benzene rings is 4. The lowest BCUT2D eigenvalue weighted by Gasteiger charge is -2.03. The van der Waals surface area contributed by atoms with Crippen LogP contribution in [0.1, 0.15) is 11.1 Å². The average molecular weight is 332 g/mol. The number of rotatable bonds is 4. The molecule has 0 unspecified atom stereocenters. The van der Waals surface area contributed by atoms with Crippen LogP contribution in [0.15, 0.2) is 109 Å². The monoisotopic (exact) mass is 332 g/mol. The Kier molecular flexibility index (Phi) is 4.75. The molecule has 0 N–H and O–H groups in total. The van der Waals surface area contributed by atoms with E-state index >= 15 is 0 Å². The molecule has 4 aromatic rings. The van der Waals surface area contributed by atoms with E-state index in [4.69, 9.17) is 0 Å². The number of hydrogen-bond donors (Lipinski definition) is 0. The molecular formula is C26H20. The van der Waals surface area contributed by atoms with Crippen molar-refractivity contribution < 1.29 is 0 Å². The summed E-state index contributed by atoms with van der Waals surface area (Å²) in [5.74, 6) is 0. The first-order chi connectivity index (χ1) is 12.9. The minimum absolute atomic E-state index is 1.21. The smallest absolute Gasteiger partial charge is 0.0184 e. The van der Waals surface area contributed by atoms with Gasteiger partial charge >= 0.3 is 0 Å². The van der Waals surface area contributed by atoms with Crippen molar-refractivity contribution in [1.29, 1.82) is 0 Å². The molecule has 0 radical (unpaired) electrons. The molecule has 0 heterocycles. The zero-order valence-electron chi connectivity index (χ0n) is 14.5. The molecule has 0 fully saturated rings. The molecular weight excluding hydrogens is 312 g/mol. The van der Waals surface area contributed by atoms with Crippen LogP contribution < -0.4 is 0 Å². The highest BCUT2D eigenvalue weighted by molar-refractivity contribution is 5.73. The first-order valence-electron chi connectivity index (χ1n) is 8.87. The van der Waals surface area contributed by atoms with Crippen LogP contribution >= 0.6 is 0 Å². The molecule has 0 nitrogen and oxygen atoms in total. The minimum Gasteiger partial charge on any atom is -0.0622 e. The quantitative estimate of drug-likeness (QED) is 0.347. The van der Waals surface area contributed by atoms with Crippen molar-refractivity contribution in [3.05, 3.63) is 120 Å². The molecule has 0 saturated carbocycles. The molecule has 4 aromatic carbocycles. The third-order valence-electron chi connectivity index (χ3n) is 4.50. The third kappa shape index (κ3) is 3.81. The predicted octanol–water partition coefficient (Wildman–Crippen LogP) is 7.19. The molecule has 0 spiro atoms. The van der Waals surface area contributed by atoms with Gasteiger partial charge < -0.3 is 0 Å². The Morgan fingerprint density at radius 2 is 0.615 bits per heavy atom. The van der Waals surface area contributed by atoms with Gasteiger partial charge in [0, 0.05) is 0 Å². The van der Waals surface area contributed by atoms with E-state index in [-0.39, 0.29) is 0 Å². The van der Waals surface area contributed by atoms with Crippen LogP contribution in [0.3, 0.4) is 0 Å². The van der Waals surface area contributed by atoms with Gasteiger partial charge in [0.15, 0.2) is 0 Å². The molecule has 0 aliphatic heterocycles. The second-order valence-corrected chi connectivity index (χ2v) is 6.31. The maximum absolute atomic E-state index is 2.17. The van der Waals surface area contributed by atoms with Gasteiger partial charge in [0.05, 0.1) is 0 Å². The average Bonchev–Trinajstić information content (AvgIpc) is 2.74. The Labute approximate surface area is 155 Å². The van der Waals surface area contributed by atoms with Crippen molar-refractivity contribution in [1.82, 2.24) is 0 Å². The molecule has 26 heavy (non-hydrogen) atoms. The summed E-state index contributed by atoms with van der Waals surface area (Å²) >= 11 is 0. The first-order valence-corrected chi connectivity index (χ1v) is 8.87. The summed E-state index contributed by atoms with van der Waals surface area (Å²) in [6.07, 6.45) is 4.32. The van der Waals surface area contributed by atoms with E-state index in [0.29, 0.717) is 0 Å². The second-order valence-electron chi connectivity index (χ2n) is 6.31. The zero-order chi connectivity index (χ0) is 17.6. The van der Waals surface area contributed by atoms with Crippen LogP contribution in [-0.2, 0) is 0 Å². The molecule has 0 aliphatic rings. The van der Waals surface area contributed by atoms with Crippen LogP contribution in [0.25, 0.3) is 34.4 Å². The third-order valence-corrected chi connectivity index (χ3v) is 4.50. The Hall–Kier alpha value is -3.38. The highest BCUT2D eigenvalue weighted by Crippen LogP contribution is 2.22. The van der Waals surface area contributed by atoms with Gasteiger partial charge in [0.1, 0.15) is 0 Å². The van der Waals surface area contributed by atoms with Crippen molar-refractivity contribution in [3.63, 3.8) is 0 Å². The van der Waals surface area contributed by atoms with Crippen LogP contribution in [-0.4, -0.2) is 0 Å². The minimum atomic E-state index is 1.21. The Bertz CT molecular complexity index is 892. The fourth-order valence-corrected chi connectivity index (χ4v) is 3.03. The molecule has 0 bridgehead atoms. The van der Waals surface area contributed by atoms with E-state index in [9.17, 15) is 0 Å². The summed E-state index contributed by atoms with van der Waals surface area (Å²) in [6, 6.07) is 38.3. The molecule has 0 heteroatoms. The van der Waals surface area contributed by atoms with Crippen molar-refractivity contribution in [2.75, 3.05) is 0 Å². The fraction of sp³-hybridized carbons (Fsp3) is 0. The summed E-state index contributed by atoms with van der Waals surface area (Å²) in [6.45, 7) is 0. The van der Waals surface area contributed by atoms with Gasteiger partial charge in [-0.2, -0.15) is 0 Å². The van der Waals surface area contributed by atoms with Gasteiger partial charge in [0.2, 0.25) is 0 Å². The van der Waals surface area contributed by atoms with Crippen LogP contribution in [0.4, 0.5) is 0 Å². The highest BCUT2D eigenvalue weighted by atomic mass is 14.0. The van der Waals surface area contributed by atoms with Crippen LogP contribution in [0, 0.1) is 0 Å². The standard InChI is InChI=1S/C26H20/c1-3-7-23(8-4-1)25-17-13-21(14-18-25)11-12-22-15-19-26(20-16-22)24-9-5-2-6-10-24/h1-20H/b12-11-. The molecule has 4 rings (SSSR count). The largest absolute Gasteiger partial charge is 0.0622 e. The molecule has 0 atom stereocenters. The zero-order valence-corrected chi connectivity index (χ0v) is 14.5. The Morgan fingerprint density at radius 1 is 0.308 bits per heavy atom. The van der Waals surface area contributed by atoms with Gasteiger partial charge in [0.25, 0.3) is 0 Å². The Morgan fingerprint density at radius 3 is 0.962 bits per heavy atom. The van der Waals surface area contributed by atoms with Crippen molar-refractivity contribution in [2.45, 2.75) is 0 Å². The van der Waals surface area contributed by atoms with Gasteiger partial charge in [-0.3, -0.25) is 0 Å². The maximum atomic E-state index is 2.17. The summed E-state index contributed by atoms with van der Waals surface area (Å²) in [7, 11) is 0. The van der Waals surface area contributed by atoms with Crippen LogP contribution in [0.2, 0.25) is 0 Å². The van der Waals surface area contributed by atoms with E-state index in [0.717, 1.165) is 0 Å². The van der Waals surface area contributed by atoms with E-state index in [1.165, 1.54) is 33.4 Å². The topological polar surface area (TPSA) is 0 Å². The second kappa shape index (κ2) is 7.67. The summed E-state index contributed by atoms with van der Waals surface area (Å²) < 4.78 is 0. The molecule has 0 aromatic heterocycles. The lowest BCUT2D eigenvalue weighted by molar-refractivity contribution is 1.59. The summed E-state index contributed by atoms with van der Waals surface area (Å²) in [5, 5.41) is 0. The van der Waals surface area contributed by atoms with E-state index < -0.39 is 0 Å². The Balaban J connectivity index is 1.48. The van der Waals surface area contributed by atoms with Crippen molar-refractivity contribution in [3.8, 4) is 22.3 Å². The van der Waals surface area contributed by atoms with E-state index in [1.54, 1.807) is 0 Å². The molecule has 0 amide bonds. The van der Waals surface area contributed by atoms with Crippen LogP contribution in [0.5, 0.6) is 0 Å². The van der Waals surface area contributed by atoms with Crippen molar-refractivity contribution in [2.24, 2.45) is 0 Å². The normalized spacial score (nSPS) is 10.9.